The maximum Gasteiger partial charge on any atom is 0.244 e. The molecule has 0 aromatic rings. The average molecular weight is 264 g/mol. The highest BCUT2D eigenvalue weighted by Crippen LogP contribution is 2.50. The first-order valence-corrected chi connectivity index (χ1v) is 7.75. The van der Waals surface area contributed by atoms with Gasteiger partial charge in [0, 0.05) is 6.04 Å². The maximum atomic E-state index is 12.7. The van der Waals surface area contributed by atoms with Crippen LogP contribution in [0.3, 0.4) is 0 Å². The second-order valence-electron chi connectivity index (χ2n) is 8.68. The maximum absolute atomic E-state index is 12.7. The minimum absolute atomic E-state index is 0.162. The smallest absolute Gasteiger partial charge is 0.244 e. The molecule has 1 spiro atoms. The van der Waals surface area contributed by atoms with Crippen LogP contribution in [0.5, 0.6) is 0 Å². The number of nitrogens with one attached hydrogen (secondary N) is 1. The Balaban J connectivity index is 1.83. The molecule has 0 radical (unpaired) electrons. The van der Waals surface area contributed by atoms with E-state index in [1.165, 1.54) is 6.42 Å². The normalized spacial score (nSPS) is 35.9. The first kappa shape index (κ1) is 13.4. The van der Waals surface area contributed by atoms with E-state index in [9.17, 15) is 4.79 Å². The van der Waals surface area contributed by atoms with Crippen LogP contribution >= 0.6 is 0 Å². The van der Waals surface area contributed by atoms with Gasteiger partial charge in [-0.15, -0.1) is 0 Å². The third-order valence-electron chi connectivity index (χ3n) is 5.22. The van der Waals surface area contributed by atoms with Crippen molar-refractivity contribution in [1.29, 1.82) is 0 Å². The zero-order valence-electron chi connectivity index (χ0n) is 13.0. The fourth-order valence-electron chi connectivity index (χ4n) is 4.90. The van der Waals surface area contributed by atoms with Crippen molar-refractivity contribution in [2.75, 3.05) is 0 Å². The molecule has 1 heterocycles. The molecule has 1 saturated heterocycles. The SMILES string of the molecule is CC1NC2(CC2)C(=O)N1C1CC(C)(C)CC(C)(C)C1. The largest absolute Gasteiger partial charge is 0.323 e. The number of carbonyl (C=O) groups is 1. The number of carbonyl (C=O) groups excluding carboxylic acids is 1. The summed E-state index contributed by atoms with van der Waals surface area (Å²) in [7, 11) is 0. The number of nitrogens with zero attached hydrogens (tertiary/aromatic N) is 1. The van der Waals surface area contributed by atoms with Gasteiger partial charge in [-0.25, -0.2) is 0 Å². The molecule has 2 aliphatic carbocycles. The van der Waals surface area contributed by atoms with Crippen molar-refractivity contribution < 1.29 is 4.79 Å². The first-order chi connectivity index (χ1) is 8.64. The lowest BCUT2D eigenvalue weighted by Gasteiger charge is -2.48. The van der Waals surface area contributed by atoms with Crippen molar-refractivity contribution in [3.63, 3.8) is 0 Å². The molecular formula is C16H28N2O. The fraction of sp³-hybridized carbons (Fsp3) is 0.938. The average Bonchev–Trinajstić information content (AvgIpc) is 2.88. The summed E-state index contributed by atoms with van der Waals surface area (Å²) in [5, 5.41) is 3.53. The molecule has 1 amide bonds. The molecule has 3 aliphatic rings. The Bertz CT molecular complexity index is 393. The van der Waals surface area contributed by atoms with Crippen LogP contribution in [-0.2, 0) is 4.79 Å². The molecule has 0 bridgehead atoms. The molecule has 2 saturated carbocycles. The van der Waals surface area contributed by atoms with Crippen LogP contribution in [0.4, 0.5) is 0 Å². The van der Waals surface area contributed by atoms with Gasteiger partial charge in [0.15, 0.2) is 0 Å². The molecule has 0 aromatic heterocycles. The monoisotopic (exact) mass is 264 g/mol. The van der Waals surface area contributed by atoms with Crippen molar-refractivity contribution in [2.45, 2.75) is 84.5 Å². The summed E-state index contributed by atoms with van der Waals surface area (Å²) < 4.78 is 0. The fourth-order valence-corrected chi connectivity index (χ4v) is 4.90. The van der Waals surface area contributed by atoms with Gasteiger partial charge < -0.3 is 4.90 Å². The summed E-state index contributed by atoms with van der Waals surface area (Å²) >= 11 is 0. The summed E-state index contributed by atoms with van der Waals surface area (Å²) in [4.78, 5) is 14.9. The van der Waals surface area contributed by atoms with Gasteiger partial charge in [0.2, 0.25) is 5.91 Å². The van der Waals surface area contributed by atoms with Gasteiger partial charge in [-0.3, -0.25) is 10.1 Å². The highest BCUT2D eigenvalue weighted by molar-refractivity contribution is 5.92. The van der Waals surface area contributed by atoms with E-state index in [0.717, 1.165) is 25.7 Å². The lowest BCUT2D eigenvalue weighted by Crippen LogP contribution is -2.50. The van der Waals surface area contributed by atoms with Crippen LogP contribution in [0.25, 0.3) is 0 Å². The summed E-state index contributed by atoms with van der Waals surface area (Å²) in [6, 6.07) is 0.411. The molecule has 1 aliphatic heterocycles. The molecule has 3 nitrogen and oxygen atoms in total. The predicted octanol–water partition coefficient (Wildman–Crippen LogP) is 2.90. The van der Waals surface area contributed by atoms with Gasteiger partial charge in [0.1, 0.15) is 0 Å². The van der Waals surface area contributed by atoms with Crippen molar-refractivity contribution >= 4 is 5.91 Å². The zero-order valence-corrected chi connectivity index (χ0v) is 13.0. The van der Waals surface area contributed by atoms with Crippen LogP contribution < -0.4 is 5.32 Å². The van der Waals surface area contributed by atoms with E-state index in [0.29, 0.717) is 22.8 Å². The molecule has 0 aromatic carbocycles. The lowest BCUT2D eigenvalue weighted by atomic mass is 9.63. The van der Waals surface area contributed by atoms with Crippen LogP contribution in [0.1, 0.15) is 66.7 Å². The second-order valence-corrected chi connectivity index (χ2v) is 8.68. The number of rotatable bonds is 1. The van der Waals surface area contributed by atoms with Gasteiger partial charge in [0.25, 0.3) is 0 Å². The van der Waals surface area contributed by atoms with Crippen molar-refractivity contribution in [3.8, 4) is 0 Å². The number of amides is 1. The van der Waals surface area contributed by atoms with Crippen molar-refractivity contribution in [1.82, 2.24) is 10.2 Å². The Morgan fingerprint density at radius 2 is 1.63 bits per heavy atom. The van der Waals surface area contributed by atoms with Crippen LogP contribution in [-0.4, -0.2) is 28.6 Å². The van der Waals surface area contributed by atoms with Gasteiger partial charge in [-0.2, -0.15) is 0 Å². The minimum Gasteiger partial charge on any atom is -0.323 e. The van der Waals surface area contributed by atoms with E-state index >= 15 is 0 Å². The lowest BCUT2D eigenvalue weighted by molar-refractivity contribution is -0.135. The van der Waals surface area contributed by atoms with Crippen molar-refractivity contribution in [3.05, 3.63) is 0 Å². The van der Waals surface area contributed by atoms with E-state index in [2.05, 4.69) is 44.8 Å². The van der Waals surface area contributed by atoms with E-state index in [1.807, 2.05) is 0 Å². The number of hydrogen-bond donors (Lipinski definition) is 1. The zero-order chi connectivity index (χ0) is 14.1. The molecular weight excluding hydrogens is 236 g/mol. The van der Waals surface area contributed by atoms with Crippen LogP contribution in [0.2, 0.25) is 0 Å². The molecule has 3 rings (SSSR count). The summed E-state index contributed by atoms with van der Waals surface area (Å²) in [6.07, 6.45) is 5.82. The standard InChI is InChI=1S/C16H28N2O/c1-11-17-16(6-7-16)13(19)18(11)12-8-14(2,3)10-15(4,5)9-12/h11-12,17H,6-10H2,1-5H3. The first-order valence-electron chi connectivity index (χ1n) is 7.75. The summed E-state index contributed by atoms with van der Waals surface area (Å²) in [6.45, 7) is 11.6. The highest BCUT2D eigenvalue weighted by Gasteiger charge is 2.60. The Hall–Kier alpha value is -0.570. The van der Waals surface area contributed by atoms with E-state index < -0.39 is 0 Å². The quantitative estimate of drug-likeness (QED) is 0.790. The van der Waals surface area contributed by atoms with Gasteiger partial charge in [-0.1, -0.05) is 27.7 Å². The molecule has 1 atom stereocenters. The molecule has 1 unspecified atom stereocenters. The van der Waals surface area contributed by atoms with Crippen molar-refractivity contribution in [2.24, 2.45) is 10.8 Å². The van der Waals surface area contributed by atoms with E-state index in [-0.39, 0.29) is 11.7 Å². The Kier molecular flexibility index (Phi) is 2.65. The van der Waals surface area contributed by atoms with Gasteiger partial charge in [0.05, 0.1) is 11.7 Å². The second kappa shape index (κ2) is 3.75. The van der Waals surface area contributed by atoms with E-state index in [4.69, 9.17) is 0 Å². The highest BCUT2D eigenvalue weighted by atomic mass is 16.2. The molecule has 1 N–H and O–H groups in total. The molecule has 3 fully saturated rings. The summed E-state index contributed by atoms with van der Waals surface area (Å²) in [5.74, 6) is 0.374. The van der Waals surface area contributed by atoms with E-state index in [1.54, 1.807) is 0 Å². The topological polar surface area (TPSA) is 32.3 Å². The van der Waals surface area contributed by atoms with Gasteiger partial charge in [-0.05, 0) is 49.9 Å². The third-order valence-corrected chi connectivity index (χ3v) is 5.22. The van der Waals surface area contributed by atoms with Crippen LogP contribution in [0.15, 0.2) is 0 Å². The van der Waals surface area contributed by atoms with Gasteiger partial charge >= 0.3 is 0 Å². The third kappa shape index (κ3) is 2.20. The minimum atomic E-state index is -0.162. The molecule has 108 valence electrons. The Morgan fingerprint density at radius 3 is 2.05 bits per heavy atom. The summed E-state index contributed by atoms with van der Waals surface area (Å²) in [5.41, 5.74) is 0.516. The number of hydrogen-bond acceptors (Lipinski definition) is 2. The van der Waals surface area contributed by atoms with Crippen LogP contribution in [0, 0.1) is 10.8 Å². The predicted molar refractivity (Wildman–Crippen MR) is 76.6 cm³/mol. The Labute approximate surface area is 117 Å². The molecule has 3 heteroatoms. The Morgan fingerprint density at radius 1 is 1.11 bits per heavy atom. The molecule has 19 heavy (non-hydrogen) atoms.